The molecule has 2 nitrogen and oxygen atoms in total. The quantitative estimate of drug-likeness (QED) is 0.887. The third-order valence-corrected chi connectivity index (χ3v) is 5.70. The standard InChI is InChI=1S/C16H24N2S/c1-19-16-8-4-7-15(16)18-14-9-10-17-11-12-5-2-3-6-13(12)14/h2-3,5-6,14-18H,4,7-11H2,1H3. The second-order valence-corrected chi connectivity index (χ2v) is 6.77. The van der Waals surface area contributed by atoms with Crippen LogP contribution in [0.4, 0.5) is 0 Å². The molecule has 1 aliphatic carbocycles. The van der Waals surface area contributed by atoms with Crippen LogP contribution in [0.3, 0.4) is 0 Å². The van der Waals surface area contributed by atoms with Crippen LogP contribution in [-0.2, 0) is 6.54 Å². The van der Waals surface area contributed by atoms with E-state index in [0.29, 0.717) is 12.1 Å². The smallest absolute Gasteiger partial charge is 0.0338 e. The molecule has 1 aromatic carbocycles. The van der Waals surface area contributed by atoms with Gasteiger partial charge in [0.15, 0.2) is 0 Å². The van der Waals surface area contributed by atoms with Crippen LogP contribution in [0, 0.1) is 0 Å². The number of nitrogens with one attached hydrogen (secondary N) is 2. The van der Waals surface area contributed by atoms with Gasteiger partial charge in [-0.2, -0.15) is 11.8 Å². The van der Waals surface area contributed by atoms with Gasteiger partial charge in [-0.05, 0) is 43.2 Å². The van der Waals surface area contributed by atoms with Gasteiger partial charge in [-0.15, -0.1) is 0 Å². The summed E-state index contributed by atoms with van der Waals surface area (Å²) < 4.78 is 0. The van der Waals surface area contributed by atoms with Crippen LogP contribution in [0.2, 0.25) is 0 Å². The third-order valence-electron chi connectivity index (χ3n) is 4.53. The average molecular weight is 276 g/mol. The van der Waals surface area contributed by atoms with E-state index >= 15 is 0 Å². The molecule has 0 saturated heterocycles. The second kappa shape index (κ2) is 6.29. The van der Waals surface area contributed by atoms with Gasteiger partial charge < -0.3 is 10.6 Å². The maximum atomic E-state index is 3.95. The SMILES string of the molecule is CSC1CCCC1NC1CCNCc2ccccc21. The van der Waals surface area contributed by atoms with Gasteiger partial charge >= 0.3 is 0 Å². The summed E-state index contributed by atoms with van der Waals surface area (Å²) in [6.45, 7) is 2.13. The van der Waals surface area contributed by atoms with Crippen LogP contribution < -0.4 is 10.6 Å². The predicted octanol–water partition coefficient (Wildman–Crippen LogP) is 3.09. The minimum atomic E-state index is 0.531. The largest absolute Gasteiger partial charge is 0.313 e. The fourth-order valence-corrected chi connectivity index (χ4v) is 4.44. The third kappa shape index (κ3) is 2.99. The normalized spacial score (nSPS) is 30.9. The van der Waals surface area contributed by atoms with E-state index in [0.717, 1.165) is 18.3 Å². The molecule has 0 aromatic heterocycles. The fraction of sp³-hybridized carbons (Fsp3) is 0.625. The van der Waals surface area contributed by atoms with Crippen LogP contribution >= 0.6 is 11.8 Å². The molecule has 3 atom stereocenters. The lowest BCUT2D eigenvalue weighted by Crippen LogP contribution is -2.37. The molecular weight excluding hydrogens is 252 g/mol. The zero-order valence-electron chi connectivity index (χ0n) is 11.7. The molecule has 1 aromatic rings. The lowest BCUT2D eigenvalue weighted by Gasteiger charge is -2.26. The molecule has 104 valence electrons. The maximum absolute atomic E-state index is 3.95. The molecule has 1 fully saturated rings. The van der Waals surface area contributed by atoms with E-state index in [-0.39, 0.29) is 0 Å². The zero-order chi connectivity index (χ0) is 13.1. The highest BCUT2D eigenvalue weighted by molar-refractivity contribution is 7.99. The Labute approximate surface area is 120 Å². The molecule has 1 aliphatic heterocycles. The molecule has 3 unspecified atom stereocenters. The predicted molar refractivity (Wildman–Crippen MR) is 83.6 cm³/mol. The Balaban J connectivity index is 1.77. The van der Waals surface area contributed by atoms with Crippen molar-refractivity contribution in [1.82, 2.24) is 10.6 Å². The minimum Gasteiger partial charge on any atom is -0.313 e. The zero-order valence-corrected chi connectivity index (χ0v) is 12.5. The van der Waals surface area contributed by atoms with E-state index in [1.165, 1.54) is 36.8 Å². The van der Waals surface area contributed by atoms with Gasteiger partial charge in [0.05, 0.1) is 0 Å². The number of rotatable bonds is 3. The summed E-state index contributed by atoms with van der Waals surface area (Å²) in [4.78, 5) is 0. The summed E-state index contributed by atoms with van der Waals surface area (Å²) in [5.41, 5.74) is 2.98. The Kier molecular flexibility index (Phi) is 4.46. The maximum Gasteiger partial charge on any atom is 0.0338 e. The van der Waals surface area contributed by atoms with Crippen LogP contribution in [0.5, 0.6) is 0 Å². The van der Waals surface area contributed by atoms with E-state index < -0.39 is 0 Å². The molecule has 3 heteroatoms. The van der Waals surface area contributed by atoms with Crippen molar-refractivity contribution >= 4 is 11.8 Å². The molecule has 1 saturated carbocycles. The average Bonchev–Trinajstić information content (AvgIpc) is 2.80. The molecule has 2 N–H and O–H groups in total. The number of benzene rings is 1. The molecule has 0 spiro atoms. The van der Waals surface area contributed by atoms with Crippen molar-refractivity contribution in [2.75, 3.05) is 12.8 Å². The van der Waals surface area contributed by atoms with Crippen LogP contribution in [0.1, 0.15) is 42.9 Å². The Morgan fingerprint density at radius 3 is 3.00 bits per heavy atom. The van der Waals surface area contributed by atoms with E-state index in [2.05, 4.69) is 41.2 Å². The fourth-order valence-electron chi connectivity index (χ4n) is 3.49. The van der Waals surface area contributed by atoms with Gasteiger partial charge in [0.2, 0.25) is 0 Å². The van der Waals surface area contributed by atoms with Gasteiger partial charge in [-0.3, -0.25) is 0 Å². The summed E-state index contributed by atoms with van der Waals surface area (Å²) in [5.74, 6) is 0. The summed E-state index contributed by atoms with van der Waals surface area (Å²) in [6.07, 6.45) is 7.57. The Bertz CT molecular complexity index is 421. The van der Waals surface area contributed by atoms with Crippen LogP contribution in [0.25, 0.3) is 0 Å². The van der Waals surface area contributed by atoms with Gasteiger partial charge in [0, 0.05) is 23.9 Å². The first-order chi connectivity index (χ1) is 9.38. The van der Waals surface area contributed by atoms with Gasteiger partial charge in [0.25, 0.3) is 0 Å². The number of hydrogen-bond donors (Lipinski definition) is 2. The Morgan fingerprint density at radius 1 is 1.21 bits per heavy atom. The van der Waals surface area contributed by atoms with Crippen LogP contribution in [0.15, 0.2) is 24.3 Å². The van der Waals surface area contributed by atoms with E-state index in [4.69, 9.17) is 0 Å². The Morgan fingerprint density at radius 2 is 2.11 bits per heavy atom. The minimum absolute atomic E-state index is 0.531. The Hall–Kier alpha value is -0.510. The van der Waals surface area contributed by atoms with E-state index in [1.54, 1.807) is 0 Å². The topological polar surface area (TPSA) is 24.1 Å². The molecule has 0 amide bonds. The number of fused-ring (bicyclic) bond motifs is 1. The highest BCUT2D eigenvalue weighted by Crippen LogP contribution is 2.32. The van der Waals surface area contributed by atoms with E-state index in [9.17, 15) is 0 Å². The van der Waals surface area contributed by atoms with Crippen molar-refractivity contribution in [3.63, 3.8) is 0 Å². The monoisotopic (exact) mass is 276 g/mol. The molecule has 19 heavy (non-hydrogen) atoms. The molecule has 0 radical (unpaired) electrons. The molecular formula is C16H24N2S. The van der Waals surface area contributed by atoms with Gasteiger partial charge in [-0.25, -0.2) is 0 Å². The first kappa shape index (κ1) is 13.5. The van der Waals surface area contributed by atoms with Crippen molar-refractivity contribution in [3.05, 3.63) is 35.4 Å². The van der Waals surface area contributed by atoms with Crippen molar-refractivity contribution in [3.8, 4) is 0 Å². The summed E-state index contributed by atoms with van der Waals surface area (Å²) in [5, 5.41) is 8.30. The highest BCUT2D eigenvalue weighted by atomic mass is 32.2. The number of thioether (sulfide) groups is 1. The lowest BCUT2D eigenvalue weighted by atomic mass is 9.98. The summed E-state index contributed by atoms with van der Waals surface area (Å²) >= 11 is 2.04. The lowest BCUT2D eigenvalue weighted by molar-refractivity contribution is 0.425. The van der Waals surface area contributed by atoms with E-state index in [1.807, 2.05) is 11.8 Å². The summed E-state index contributed by atoms with van der Waals surface area (Å²) in [6, 6.07) is 10.1. The first-order valence-electron chi connectivity index (χ1n) is 7.46. The van der Waals surface area contributed by atoms with Crippen molar-refractivity contribution in [1.29, 1.82) is 0 Å². The van der Waals surface area contributed by atoms with Gasteiger partial charge in [0.1, 0.15) is 0 Å². The number of hydrogen-bond acceptors (Lipinski definition) is 3. The van der Waals surface area contributed by atoms with Gasteiger partial charge in [-0.1, -0.05) is 30.7 Å². The molecule has 0 bridgehead atoms. The van der Waals surface area contributed by atoms with Crippen molar-refractivity contribution in [2.24, 2.45) is 0 Å². The molecule has 3 rings (SSSR count). The van der Waals surface area contributed by atoms with Crippen LogP contribution in [-0.4, -0.2) is 24.1 Å². The first-order valence-corrected chi connectivity index (χ1v) is 8.74. The highest BCUT2D eigenvalue weighted by Gasteiger charge is 2.29. The molecule has 2 aliphatic rings. The summed E-state index contributed by atoms with van der Waals surface area (Å²) in [7, 11) is 0. The van der Waals surface area contributed by atoms with Crippen molar-refractivity contribution < 1.29 is 0 Å². The molecule has 1 heterocycles. The second-order valence-electron chi connectivity index (χ2n) is 5.70. The van der Waals surface area contributed by atoms with Crippen molar-refractivity contribution in [2.45, 2.75) is 49.6 Å².